The third-order valence-electron chi connectivity index (χ3n) is 10.9. The number of hydrogen-bond acceptors (Lipinski definition) is 0. The van der Waals surface area contributed by atoms with Crippen LogP contribution in [0.1, 0.15) is 25.0 Å². The van der Waals surface area contributed by atoms with Crippen LogP contribution in [0.2, 0.25) is 0 Å². The molecule has 8 aromatic carbocycles. The smallest absolute Gasteiger partial charge is 0.112 e. The van der Waals surface area contributed by atoms with E-state index in [-0.39, 0.29) is 21.8 Å². The molecule has 0 saturated heterocycles. The Labute approximate surface area is 300 Å². The predicted octanol–water partition coefficient (Wildman–Crippen LogP) is 6.42. The largest absolute Gasteiger partial charge is 0.113 e. The van der Waals surface area contributed by atoms with E-state index in [4.69, 9.17) is 39.2 Å². The lowest BCUT2D eigenvalue weighted by Crippen LogP contribution is -2.55. The summed E-state index contributed by atoms with van der Waals surface area (Å²) in [5.74, 6) is 0. The highest BCUT2D eigenvalue weighted by atomic mass is 14.4. The van der Waals surface area contributed by atoms with E-state index in [1.54, 1.807) is 0 Å². The summed E-state index contributed by atoms with van der Waals surface area (Å²) in [6.07, 6.45) is 0. The van der Waals surface area contributed by atoms with E-state index in [0.717, 1.165) is 32.8 Å². The fraction of sp³-hybridized carbons (Fsp3) is 0.0667. The molecule has 0 heterocycles. The summed E-state index contributed by atoms with van der Waals surface area (Å²) in [4.78, 5) is 0. The molecule has 0 aliphatic heterocycles. The molecule has 0 N–H and O–H groups in total. The Bertz CT molecular complexity index is 2710. The van der Waals surface area contributed by atoms with E-state index in [0.29, 0.717) is 16.5 Å². The SMILES string of the molecule is [B]c1c([B])c([B])c(-c2ccc3c(-c4ccc5c(c4)C(C)(C)c4ccccc4-5)c4ccccc4c(-c4cccc5ccccc45)c3c2)c([B])c1[B]. The van der Waals surface area contributed by atoms with Crippen LogP contribution >= 0.6 is 0 Å². The summed E-state index contributed by atoms with van der Waals surface area (Å²) in [7, 11) is 32.2. The minimum absolute atomic E-state index is 0.131. The van der Waals surface area contributed by atoms with Crippen molar-refractivity contribution in [3.8, 4) is 44.5 Å². The van der Waals surface area contributed by atoms with E-state index in [1.165, 1.54) is 49.5 Å². The van der Waals surface area contributed by atoms with Gasteiger partial charge in [0.1, 0.15) is 39.2 Å². The van der Waals surface area contributed by atoms with Crippen molar-refractivity contribution in [3.05, 3.63) is 139 Å². The molecule has 0 spiro atoms. The summed E-state index contributed by atoms with van der Waals surface area (Å²) in [5, 5.41) is 6.89. The van der Waals surface area contributed by atoms with Crippen molar-refractivity contribution in [2.24, 2.45) is 0 Å². The lowest BCUT2D eigenvalue weighted by Gasteiger charge is -2.24. The van der Waals surface area contributed by atoms with Gasteiger partial charge in [-0.1, -0.05) is 140 Å². The fourth-order valence-electron chi connectivity index (χ4n) is 8.40. The van der Waals surface area contributed by atoms with Gasteiger partial charge in [-0.15, -0.1) is 16.4 Å². The van der Waals surface area contributed by atoms with Crippen LogP contribution in [0, 0.1) is 0 Å². The molecule has 9 rings (SSSR count). The Morgan fingerprint density at radius 3 is 1.64 bits per heavy atom. The Kier molecular flexibility index (Phi) is 6.91. The second kappa shape index (κ2) is 11.2. The molecule has 222 valence electrons. The van der Waals surface area contributed by atoms with Gasteiger partial charge in [-0.05, 0) is 100 Å². The molecule has 0 unspecified atom stereocenters. The zero-order valence-electron chi connectivity index (χ0n) is 28.0. The molecule has 10 radical (unpaired) electrons. The minimum Gasteiger partial charge on any atom is -0.112 e. The topological polar surface area (TPSA) is 0 Å². The first-order valence-electron chi connectivity index (χ1n) is 16.9. The summed E-state index contributed by atoms with van der Waals surface area (Å²) >= 11 is 0. The second-order valence-electron chi connectivity index (χ2n) is 14.0. The van der Waals surface area contributed by atoms with Crippen LogP contribution in [0.3, 0.4) is 0 Å². The van der Waals surface area contributed by atoms with Gasteiger partial charge in [-0.25, -0.2) is 0 Å². The summed E-state index contributed by atoms with van der Waals surface area (Å²) in [5.41, 5.74) is 12.5. The summed E-state index contributed by atoms with van der Waals surface area (Å²) < 4.78 is 0. The molecule has 1 aliphatic rings. The Hall–Kier alpha value is -5.14. The predicted molar refractivity (Wildman–Crippen MR) is 220 cm³/mol. The Morgan fingerprint density at radius 2 is 0.880 bits per heavy atom. The number of rotatable bonds is 3. The van der Waals surface area contributed by atoms with Crippen molar-refractivity contribution >= 4 is 98.9 Å². The molecule has 50 heavy (non-hydrogen) atoms. The van der Waals surface area contributed by atoms with Gasteiger partial charge >= 0.3 is 0 Å². The molecule has 1 aliphatic carbocycles. The number of hydrogen-bond donors (Lipinski definition) is 0. The first kappa shape index (κ1) is 30.9. The molecular formula is C45H27B5. The van der Waals surface area contributed by atoms with E-state index in [9.17, 15) is 0 Å². The van der Waals surface area contributed by atoms with Gasteiger partial charge in [0.05, 0.1) is 0 Å². The minimum atomic E-state index is -0.131. The van der Waals surface area contributed by atoms with Crippen LogP contribution in [-0.2, 0) is 5.41 Å². The average Bonchev–Trinajstić information content (AvgIpc) is 3.37. The molecule has 0 nitrogen and oxygen atoms in total. The maximum Gasteiger partial charge on any atom is 0.113 e. The lowest BCUT2D eigenvalue weighted by molar-refractivity contribution is 0.660. The number of fused-ring (bicyclic) bond motifs is 6. The van der Waals surface area contributed by atoms with Gasteiger partial charge in [0.2, 0.25) is 0 Å². The highest BCUT2D eigenvalue weighted by Crippen LogP contribution is 2.51. The molecule has 0 atom stereocenters. The van der Waals surface area contributed by atoms with Crippen LogP contribution < -0.4 is 27.3 Å². The molecule has 5 heteroatoms. The number of benzene rings is 8. The highest BCUT2D eigenvalue weighted by Gasteiger charge is 2.35. The third-order valence-corrected chi connectivity index (χ3v) is 10.9. The quantitative estimate of drug-likeness (QED) is 0.158. The molecule has 0 saturated carbocycles. The third kappa shape index (κ3) is 4.32. The maximum absolute atomic E-state index is 6.64. The van der Waals surface area contributed by atoms with Crippen LogP contribution in [0.25, 0.3) is 76.8 Å². The van der Waals surface area contributed by atoms with Crippen LogP contribution in [0.5, 0.6) is 0 Å². The molecule has 0 bridgehead atoms. The van der Waals surface area contributed by atoms with E-state index in [1.807, 2.05) is 0 Å². The monoisotopic (exact) mass is 622 g/mol. The van der Waals surface area contributed by atoms with E-state index >= 15 is 0 Å². The van der Waals surface area contributed by atoms with Gasteiger partial charge in [0, 0.05) is 5.41 Å². The van der Waals surface area contributed by atoms with Gasteiger partial charge < -0.3 is 0 Å². The van der Waals surface area contributed by atoms with Crippen molar-refractivity contribution in [2.45, 2.75) is 19.3 Å². The van der Waals surface area contributed by atoms with Crippen molar-refractivity contribution in [2.75, 3.05) is 0 Å². The van der Waals surface area contributed by atoms with Crippen molar-refractivity contribution in [1.29, 1.82) is 0 Å². The highest BCUT2D eigenvalue weighted by molar-refractivity contribution is 6.68. The first-order valence-corrected chi connectivity index (χ1v) is 16.9. The van der Waals surface area contributed by atoms with Gasteiger partial charge in [0.25, 0.3) is 0 Å². The van der Waals surface area contributed by atoms with Gasteiger partial charge in [0.15, 0.2) is 0 Å². The molecule has 0 aromatic heterocycles. The van der Waals surface area contributed by atoms with Crippen LogP contribution in [0.4, 0.5) is 0 Å². The zero-order valence-corrected chi connectivity index (χ0v) is 28.0. The van der Waals surface area contributed by atoms with Crippen molar-refractivity contribution in [1.82, 2.24) is 0 Å². The summed E-state index contributed by atoms with van der Waals surface area (Å²) in [6.45, 7) is 4.65. The van der Waals surface area contributed by atoms with Crippen molar-refractivity contribution in [3.63, 3.8) is 0 Å². The van der Waals surface area contributed by atoms with E-state index < -0.39 is 0 Å². The van der Waals surface area contributed by atoms with Gasteiger partial charge in [-0.3, -0.25) is 0 Å². The molecule has 8 aromatic rings. The van der Waals surface area contributed by atoms with Gasteiger partial charge in [-0.2, -0.15) is 0 Å². The van der Waals surface area contributed by atoms with E-state index in [2.05, 4.69) is 141 Å². The maximum atomic E-state index is 6.64. The Morgan fingerprint density at radius 1 is 0.360 bits per heavy atom. The summed E-state index contributed by atoms with van der Waals surface area (Å²) in [6, 6.07) is 46.0. The lowest BCUT2D eigenvalue weighted by atomic mass is 9.59. The van der Waals surface area contributed by atoms with Crippen LogP contribution in [0.15, 0.2) is 127 Å². The fourth-order valence-corrected chi connectivity index (χ4v) is 8.40. The second-order valence-corrected chi connectivity index (χ2v) is 14.0. The zero-order chi connectivity index (χ0) is 34.5. The molecule has 0 fully saturated rings. The normalized spacial score (nSPS) is 13.2. The molecule has 0 amide bonds. The Balaban J connectivity index is 1.42. The molecular weight excluding hydrogens is 595 g/mol. The standard InChI is InChI=1S/C45H27B5/c1-45(2)35-17-8-7-13-28(35)29-20-18-26(23-36(29)45)37-31-14-5-6-15-32(31)39(30-16-9-11-24-10-3-4-12-27(24)30)34-22-25(19-21-33(34)37)38-40(46)42(48)44(50)43(49)41(38)47/h3-23H,1-2H3. The first-order chi connectivity index (χ1) is 24.2. The average molecular weight is 622 g/mol. The van der Waals surface area contributed by atoms with Crippen molar-refractivity contribution < 1.29 is 0 Å². The van der Waals surface area contributed by atoms with Crippen LogP contribution in [-0.4, -0.2) is 39.2 Å².